The number of aliphatic hydroxyl groups excluding tert-OH is 13. The summed E-state index contributed by atoms with van der Waals surface area (Å²) in [7, 11) is 0. The maximum absolute atomic E-state index is 10.8. The zero-order valence-corrected chi connectivity index (χ0v) is 23.3. The Kier molecular flexibility index (Phi) is 12.3. The van der Waals surface area contributed by atoms with Crippen LogP contribution in [0.15, 0.2) is 0 Å². The van der Waals surface area contributed by atoms with Crippen molar-refractivity contribution < 1.29 is 99.5 Å². The van der Waals surface area contributed by atoms with Gasteiger partial charge in [-0.25, -0.2) is 0 Å². The maximum Gasteiger partial charge on any atom is 0.187 e. The summed E-state index contributed by atoms with van der Waals surface area (Å²) >= 11 is 0. The molecule has 0 aliphatic carbocycles. The van der Waals surface area contributed by atoms with Crippen molar-refractivity contribution in [3.05, 3.63) is 0 Å². The van der Waals surface area contributed by atoms with Gasteiger partial charge < -0.3 is 99.5 Å². The molecule has 258 valence electrons. The summed E-state index contributed by atoms with van der Waals surface area (Å²) in [6, 6.07) is 0. The summed E-state index contributed by atoms with van der Waals surface area (Å²) in [6.07, 6.45) is -34.0. The van der Waals surface area contributed by atoms with Gasteiger partial charge in [0.1, 0.15) is 91.6 Å². The lowest BCUT2D eigenvalue weighted by atomic mass is 9.96. The van der Waals surface area contributed by atoms with E-state index in [0.29, 0.717) is 0 Å². The van der Waals surface area contributed by atoms with Crippen molar-refractivity contribution >= 4 is 0 Å². The lowest BCUT2D eigenvalue weighted by Crippen LogP contribution is -2.67. The average Bonchev–Trinajstić information content (AvgIpc) is 3.00. The summed E-state index contributed by atoms with van der Waals surface area (Å²) in [5.41, 5.74) is 0. The maximum atomic E-state index is 10.8. The highest BCUT2D eigenvalue weighted by Gasteiger charge is 2.54. The summed E-state index contributed by atoms with van der Waals surface area (Å²) < 4.78 is 37.8. The van der Waals surface area contributed by atoms with Crippen LogP contribution in [-0.4, -0.2) is 209 Å². The second-order valence-electron chi connectivity index (χ2n) is 11.2. The lowest BCUT2D eigenvalue weighted by molar-refractivity contribution is -0.392. The van der Waals surface area contributed by atoms with E-state index in [2.05, 4.69) is 0 Å². The molecule has 20 nitrogen and oxygen atoms in total. The fraction of sp³-hybridized carbons (Fsp3) is 1.00. The molecule has 20 heteroatoms. The van der Waals surface area contributed by atoms with Gasteiger partial charge in [0.2, 0.25) is 0 Å². The first-order valence-corrected chi connectivity index (χ1v) is 14.0. The van der Waals surface area contributed by atoms with Crippen molar-refractivity contribution in [2.75, 3.05) is 19.8 Å². The third-order valence-electron chi connectivity index (χ3n) is 8.15. The summed E-state index contributed by atoms with van der Waals surface area (Å²) in [6.45, 7) is -0.841. The quantitative estimate of drug-likeness (QED) is 0.110. The first kappa shape index (κ1) is 36.0. The molecule has 0 aromatic carbocycles. The fourth-order valence-corrected chi connectivity index (χ4v) is 5.35. The fourth-order valence-electron chi connectivity index (χ4n) is 5.35. The first-order valence-electron chi connectivity index (χ1n) is 14.0. The number of aliphatic hydroxyl groups is 13. The second kappa shape index (κ2) is 15.0. The zero-order valence-electron chi connectivity index (χ0n) is 23.3. The molecule has 20 atom stereocenters. The van der Waals surface area contributed by atoms with E-state index in [1.807, 2.05) is 0 Å². The highest BCUT2D eigenvalue weighted by molar-refractivity contribution is 4.96. The smallest absolute Gasteiger partial charge is 0.187 e. The van der Waals surface area contributed by atoms with Crippen LogP contribution in [-0.2, 0) is 33.2 Å². The Labute approximate surface area is 249 Å². The molecule has 44 heavy (non-hydrogen) atoms. The monoisotopic (exact) mass is 650 g/mol. The molecule has 4 aliphatic heterocycles. The second-order valence-corrected chi connectivity index (χ2v) is 11.2. The van der Waals surface area contributed by atoms with Crippen LogP contribution in [0.25, 0.3) is 0 Å². The van der Waals surface area contributed by atoms with Crippen LogP contribution in [0.2, 0.25) is 0 Å². The third-order valence-corrected chi connectivity index (χ3v) is 8.15. The molecule has 4 saturated heterocycles. The Morgan fingerprint density at radius 1 is 0.455 bits per heavy atom. The Morgan fingerprint density at radius 2 is 0.932 bits per heavy atom. The Balaban J connectivity index is 1.44. The van der Waals surface area contributed by atoms with Crippen LogP contribution < -0.4 is 0 Å². The highest BCUT2D eigenvalue weighted by Crippen LogP contribution is 2.33. The molecule has 0 spiro atoms. The molecule has 0 radical (unpaired) electrons. The summed E-state index contributed by atoms with van der Waals surface area (Å²) in [4.78, 5) is 0. The first-order chi connectivity index (χ1) is 20.7. The van der Waals surface area contributed by atoms with Crippen molar-refractivity contribution in [3.63, 3.8) is 0 Å². The molecule has 0 aromatic rings. The van der Waals surface area contributed by atoms with Crippen LogP contribution in [0.1, 0.15) is 6.92 Å². The van der Waals surface area contributed by atoms with E-state index in [-0.39, 0.29) is 0 Å². The van der Waals surface area contributed by atoms with Gasteiger partial charge in [0, 0.05) is 0 Å². The van der Waals surface area contributed by atoms with Gasteiger partial charge in [-0.15, -0.1) is 0 Å². The van der Waals surface area contributed by atoms with Crippen molar-refractivity contribution in [3.8, 4) is 0 Å². The SMILES string of the molecule is C[C@@H]1O[C@@H](OC[C@H]2O[C@@H](O)[C@H](O[C@@H]3O[C@H](CO)[C@@H](O)[C@H](O)[C@H]3O[C@@H]3O[C@H](CO)[C@@H](O)[C@H](O)[C@H]3O)[C@@H](O)[C@@H]2O)[C@H](O)[C@H](O)[C@H]1O. The largest absolute Gasteiger partial charge is 0.394 e. The van der Waals surface area contributed by atoms with Crippen LogP contribution in [0, 0.1) is 0 Å². The standard InChI is InChI=1S/C24H42O20/c1-5-9(27)13(31)17(35)22(39-5)38-4-8-12(30)15(33)19(21(37)40-8)43-24-20(16(34)11(29)7(3-26)42-24)44-23-18(36)14(32)10(28)6(2-25)41-23/h5-37H,2-4H2,1H3/t5-,6+,7+,8+,9-,10+,11+,12+,13+,14-,15-,16-,17+,18+,19+,20+,21+,22+,23-,24-/m0/s1. The van der Waals surface area contributed by atoms with Crippen LogP contribution in [0.4, 0.5) is 0 Å². The van der Waals surface area contributed by atoms with Gasteiger partial charge in [0.25, 0.3) is 0 Å². The normalized spacial score (nSPS) is 53.9. The average molecular weight is 651 g/mol. The highest BCUT2D eigenvalue weighted by atomic mass is 16.8. The predicted octanol–water partition coefficient (Wildman–Crippen LogP) is -8.72. The van der Waals surface area contributed by atoms with E-state index < -0.39 is 143 Å². The molecule has 4 fully saturated rings. The molecule has 0 saturated carbocycles. The molecule has 4 aliphatic rings. The number of rotatable bonds is 9. The Morgan fingerprint density at radius 3 is 1.55 bits per heavy atom. The summed E-state index contributed by atoms with van der Waals surface area (Å²) in [5.74, 6) is 0. The van der Waals surface area contributed by atoms with Crippen LogP contribution in [0.3, 0.4) is 0 Å². The van der Waals surface area contributed by atoms with Gasteiger partial charge in [0.15, 0.2) is 25.2 Å². The zero-order chi connectivity index (χ0) is 32.6. The summed E-state index contributed by atoms with van der Waals surface area (Å²) in [5, 5.41) is 133. The van der Waals surface area contributed by atoms with Crippen LogP contribution in [0.5, 0.6) is 0 Å². The van der Waals surface area contributed by atoms with E-state index in [9.17, 15) is 66.4 Å². The molecule has 0 aromatic heterocycles. The minimum atomic E-state index is -2.03. The number of hydrogen-bond donors (Lipinski definition) is 13. The van der Waals surface area contributed by atoms with E-state index in [0.717, 1.165) is 0 Å². The molecule has 0 bridgehead atoms. The molecule has 4 heterocycles. The molecule has 13 N–H and O–H groups in total. The minimum absolute atomic E-state index is 0.598. The van der Waals surface area contributed by atoms with Crippen molar-refractivity contribution in [2.45, 2.75) is 130 Å². The number of hydrogen-bond acceptors (Lipinski definition) is 20. The predicted molar refractivity (Wildman–Crippen MR) is 132 cm³/mol. The van der Waals surface area contributed by atoms with Gasteiger partial charge in [-0.3, -0.25) is 0 Å². The molecule has 0 unspecified atom stereocenters. The molecule has 4 rings (SSSR count). The minimum Gasteiger partial charge on any atom is -0.394 e. The van der Waals surface area contributed by atoms with Crippen molar-refractivity contribution in [2.24, 2.45) is 0 Å². The van der Waals surface area contributed by atoms with Gasteiger partial charge in [-0.2, -0.15) is 0 Å². The van der Waals surface area contributed by atoms with Crippen LogP contribution >= 0.6 is 0 Å². The Bertz CT molecular complexity index is 900. The topological polar surface area (TPSA) is 328 Å². The molecular weight excluding hydrogens is 608 g/mol. The van der Waals surface area contributed by atoms with Gasteiger partial charge in [0.05, 0.1) is 25.9 Å². The van der Waals surface area contributed by atoms with E-state index >= 15 is 0 Å². The van der Waals surface area contributed by atoms with E-state index in [1.54, 1.807) is 0 Å². The third kappa shape index (κ3) is 7.19. The van der Waals surface area contributed by atoms with Gasteiger partial charge >= 0.3 is 0 Å². The van der Waals surface area contributed by atoms with Crippen molar-refractivity contribution in [1.29, 1.82) is 0 Å². The van der Waals surface area contributed by atoms with E-state index in [1.165, 1.54) is 6.92 Å². The van der Waals surface area contributed by atoms with E-state index in [4.69, 9.17) is 33.2 Å². The Hall–Kier alpha value is -0.800. The molecular formula is C24H42O20. The lowest BCUT2D eigenvalue weighted by Gasteiger charge is -2.48. The van der Waals surface area contributed by atoms with Gasteiger partial charge in [-0.1, -0.05) is 0 Å². The van der Waals surface area contributed by atoms with Crippen molar-refractivity contribution in [1.82, 2.24) is 0 Å². The molecule has 0 amide bonds. The van der Waals surface area contributed by atoms with Gasteiger partial charge in [-0.05, 0) is 6.92 Å². The number of ether oxygens (including phenoxy) is 7.